The van der Waals surface area contributed by atoms with Crippen LogP contribution in [0.2, 0.25) is 5.15 Å². The zero-order valence-corrected chi connectivity index (χ0v) is 15.9. The van der Waals surface area contributed by atoms with Gasteiger partial charge < -0.3 is 25.7 Å². The molecule has 2 fully saturated rings. The number of aliphatic hydroxyl groups is 1. The van der Waals surface area contributed by atoms with Crippen LogP contribution in [-0.2, 0) is 6.61 Å². The van der Waals surface area contributed by atoms with Crippen molar-refractivity contribution in [1.82, 2.24) is 25.1 Å². The average molecular weight is 408 g/mol. The maximum Gasteiger partial charge on any atom is 0.407 e. The molecule has 2 bridgehead atoms. The number of aromatic amines is 1. The van der Waals surface area contributed by atoms with Crippen molar-refractivity contribution in [3.05, 3.63) is 23.0 Å². The van der Waals surface area contributed by atoms with Crippen LogP contribution in [-0.4, -0.2) is 59.5 Å². The average Bonchev–Trinajstić information content (AvgIpc) is 3.07. The number of piperidine rings is 2. The van der Waals surface area contributed by atoms with Gasteiger partial charge in [0.05, 0.1) is 12.3 Å². The van der Waals surface area contributed by atoms with Crippen LogP contribution in [0.3, 0.4) is 0 Å². The van der Waals surface area contributed by atoms with Crippen LogP contribution < -0.4 is 10.6 Å². The summed E-state index contributed by atoms with van der Waals surface area (Å²) in [7, 11) is 0. The van der Waals surface area contributed by atoms with Gasteiger partial charge in [-0.15, -0.1) is 0 Å². The van der Waals surface area contributed by atoms with E-state index in [0.29, 0.717) is 23.3 Å². The van der Waals surface area contributed by atoms with Crippen LogP contribution in [0, 0.1) is 0 Å². The molecule has 0 spiro atoms. The Morgan fingerprint density at radius 3 is 2.64 bits per heavy atom. The largest absolute Gasteiger partial charge is 0.465 e. The number of amides is 1. The number of nitrogens with one attached hydrogen (secondary N) is 3. The van der Waals surface area contributed by atoms with Crippen molar-refractivity contribution in [2.75, 3.05) is 10.6 Å². The van der Waals surface area contributed by atoms with Gasteiger partial charge in [0, 0.05) is 30.3 Å². The van der Waals surface area contributed by atoms with Crippen LogP contribution >= 0.6 is 11.6 Å². The van der Waals surface area contributed by atoms with Crippen molar-refractivity contribution in [2.45, 2.75) is 56.8 Å². The molecule has 28 heavy (non-hydrogen) atoms. The van der Waals surface area contributed by atoms with E-state index in [1.807, 2.05) is 0 Å². The van der Waals surface area contributed by atoms with Crippen molar-refractivity contribution in [3.8, 4) is 0 Å². The Balaban J connectivity index is 1.46. The topological polar surface area (TPSA) is 139 Å². The van der Waals surface area contributed by atoms with Crippen molar-refractivity contribution < 1.29 is 15.0 Å². The van der Waals surface area contributed by atoms with Crippen molar-refractivity contribution in [2.24, 2.45) is 0 Å². The van der Waals surface area contributed by atoms with E-state index in [4.69, 9.17) is 16.7 Å². The molecule has 2 aliphatic heterocycles. The fraction of sp³-hybridized carbons (Fsp3) is 0.529. The first-order chi connectivity index (χ1) is 13.5. The number of H-pyrrole nitrogens is 1. The minimum absolute atomic E-state index is 0.0280. The fourth-order valence-corrected chi connectivity index (χ4v) is 4.36. The Bertz CT molecular complexity index is 847. The Hall–Kier alpha value is -2.59. The van der Waals surface area contributed by atoms with Crippen LogP contribution in [0.5, 0.6) is 0 Å². The number of carbonyl (C=O) groups is 1. The molecule has 2 aromatic rings. The van der Waals surface area contributed by atoms with Crippen molar-refractivity contribution in [1.29, 1.82) is 0 Å². The van der Waals surface area contributed by atoms with Gasteiger partial charge in [0.2, 0.25) is 5.95 Å². The molecule has 2 aliphatic rings. The zero-order valence-electron chi connectivity index (χ0n) is 15.1. The number of carboxylic acid groups (broad SMARTS) is 1. The van der Waals surface area contributed by atoms with E-state index in [0.717, 1.165) is 32.1 Å². The second-order valence-electron chi connectivity index (χ2n) is 7.20. The SMILES string of the molecule is O=C(O)N1[C@@H]2CCC[C@H]1CC(Nc1nc(Cl)cc(Nc3cc(CO)[nH]n3)n1)C2. The molecule has 0 saturated carbocycles. The lowest BCUT2D eigenvalue weighted by Gasteiger charge is -2.47. The first-order valence-corrected chi connectivity index (χ1v) is 9.64. The summed E-state index contributed by atoms with van der Waals surface area (Å²) in [6.45, 7) is -0.136. The van der Waals surface area contributed by atoms with Crippen LogP contribution in [0.25, 0.3) is 0 Å². The molecule has 150 valence electrons. The normalized spacial score (nSPS) is 24.1. The first kappa shape index (κ1) is 18.8. The summed E-state index contributed by atoms with van der Waals surface area (Å²) < 4.78 is 0. The quantitative estimate of drug-likeness (QED) is 0.476. The summed E-state index contributed by atoms with van der Waals surface area (Å²) in [5, 5.41) is 32.0. The second kappa shape index (κ2) is 7.80. The van der Waals surface area contributed by atoms with E-state index in [9.17, 15) is 9.90 Å². The van der Waals surface area contributed by atoms with Gasteiger partial charge in [-0.25, -0.2) is 9.78 Å². The third kappa shape index (κ3) is 3.97. The molecule has 5 N–H and O–H groups in total. The van der Waals surface area contributed by atoms with Crippen molar-refractivity contribution >= 4 is 35.3 Å². The van der Waals surface area contributed by atoms with Crippen molar-refractivity contribution in [3.63, 3.8) is 0 Å². The lowest BCUT2D eigenvalue weighted by atomic mass is 9.82. The molecule has 3 atom stereocenters. The number of anilines is 3. The predicted octanol–water partition coefficient (Wildman–Crippen LogP) is 2.56. The number of nitrogens with zero attached hydrogens (tertiary/aromatic N) is 4. The Morgan fingerprint density at radius 2 is 2.00 bits per heavy atom. The molecule has 11 heteroatoms. The summed E-state index contributed by atoms with van der Waals surface area (Å²) in [6, 6.07) is 3.40. The highest BCUT2D eigenvalue weighted by molar-refractivity contribution is 6.29. The highest BCUT2D eigenvalue weighted by atomic mass is 35.5. The molecule has 4 rings (SSSR count). The Kier molecular flexibility index (Phi) is 5.23. The third-order valence-corrected chi connectivity index (χ3v) is 5.47. The van der Waals surface area contributed by atoms with E-state index < -0.39 is 6.09 Å². The number of hydrogen-bond donors (Lipinski definition) is 5. The summed E-state index contributed by atoms with van der Waals surface area (Å²) in [5.41, 5.74) is 0.581. The van der Waals surface area contributed by atoms with E-state index in [2.05, 4.69) is 30.8 Å². The summed E-state index contributed by atoms with van der Waals surface area (Å²) in [4.78, 5) is 21.9. The highest BCUT2D eigenvalue weighted by Gasteiger charge is 2.41. The number of aromatic nitrogens is 4. The van der Waals surface area contributed by atoms with Crippen LogP contribution in [0.1, 0.15) is 37.8 Å². The molecule has 4 heterocycles. The fourth-order valence-electron chi connectivity index (χ4n) is 4.18. The molecule has 2 saturated heterocycles. The smallest absolute Gasteiger partial charge is 0.407 e. The van der Waals surface area contributed by atoms with E-state index in [1.165, 1.54) is 0 Å². The number of aliphatic hydroxyl groups excluding tert-OH is 1. The van der Waals surface area contributed by atoms with Gasteiger partial charge in [0.1, 0.15) is 11.0 Å². The standard InChI is InChI=1S/C17H22ClN7O3/c18-13-7-14(21-15-6-10(8-26)23-24-15)22-16(20-13)19-9-4-11-2-1-3-12(5-9)25(11)17(27)28/h6-7,9,11-12,26H,1-5,8H2,(H,27,28)(H3,19,20,21,22,23,24)/t9?,11-,12+. The summed E-state index contributed by atoms with van der Waals surface area (Å²) in [5.74, 6) is 1.37. The van der Waals surface area contributed by atoms with Gasteiger partial charge in [0.25, 0.3) is 0 Å². The molecule has 0 aromatic carbocycles. The maximum atomic E-state index is 11.6. The third-order valence-electron chi connectivity index (χ3n) is 5.28. The Labute approximate surface area is 166 Å². The molecule has 10 nitrogen and oxygen atoms in total. The Morgan fingerprint density at radius 1 is 1.25 bits per heavy atom. The van der Waals surface area contributed by atoms with Gasteiger partial charge in [-0.05, 0) is 32.1 Å². The molecule has 2 aromatic heterocycles. The number of halogens is 1. The second-order valence-corrected chi connectivity index (χ2v) is 7.59. The van der Waals surface area contributed by atoms with Gasteiger partial charge in [-0.1, -0.05) is 11.6 Å². The molecule has 0 aliphatic carbocycles. The van der Waals surface area contributed by atoms with Gasteiger partial charge in [-0.2, -0.15) is 10.1 Å². The molecule has 1 unspecified atom stereocenters. The highest BCUT2D eigenvalue weighted by Crippen LogP contribution is 2.35. The van der Waals surface area contributed by atoms with Gasteiger partial charge in [-0.3, -0.25) is 5.10 Å². The molecule has 1 amide bonds. The van der Waals surface area contributed by atoms with Crippen LogP contribution in [0.15, 0.2) is 12.1 Å². The maximum absolute atomic E-state index is 11.6. The van der Waals surface area contributed by atoms with Gasteiger partial charge in [0.15, 0.2) is 5.82 Å². The van der Waals surface area contributed by atoms with Crippen LogP contribution in [0.4, 0.5) is 22.4 Å². The van der Waals surface area contributed by atoms with E-state index in [1.54, 1.807) is 17.0 Å². The predicted molar refractivity (Wildman–Crippen MR) is 103 cm³/mol. The molecular formula is C17H22ClN7O3. The number of fused-ring (bicyclic) bond motifs is 2. The van der Waals surface area contributed by atoms with Gasteiger partial charge >= 0.3 is 6.09 Å². The zero-order chi connectivity index (χ0) is 19.7. The monoisotopic (exact) mass is 407 g/mol. The van der Waals surface area contributed by atoms with E-state index >= 15 is 0 Å². The lowest BCUT2D eigenvalue weighted by Crippen LogP contribution is -2.56. The summed E-state index contributed by atoms with van der Waals surface area (Å²) in [6.07, 6.45) is 3.45. The number of rotatable bonds is 5. The number of hydrogen-bond acceptors (Lipinski definition) is 7. The first-order valence-electron chi connectivity index (χ1n) is 9.26. The lowest BCUT2D eigenvalue weighted by molar-refractivity contribution is 0.0385. The molecule has 0 radical (unpaired) electrons. The minimum atomic E-state index is -0.833. The summed E-state index contributed by atoms with van der Waals surface area (Å²) >= 11 is 6.14. The van der Waals surface area contributed by atoms with E-state index in [-0.39, 0.29) is 29.9 Å². The minimum Gasteiger partial charge on any atom is -0.465 e. The molecular weight excluding hydrogens is 386 g/mol.